The van der Waals surface area contributed by atoms with Crippen LogP contribution < -0.4 is 20.9 Å². The molecule has 0 bridgehead atoms. The van der Waals surface area contributed by atoms with Crippen LogP contribution in [0.5, 0.6) is 5.75 Å². The highest BCUT2D eigenvalue weighted by molar-refractivity contribution is 5.93. The first-order valence-electron chi connectivity index (χ1n) is 13.5. The van der Waals surface area contributed by atoms with Crippen LogP contribution in [0.15, 0.2) is 65.1 Å². The average molecular weight is 552 g/mol. The van der Waals surface area contributed by atoms with Gasteiger partial charge < -0.3 is 24.9 Å². The quantitative estimate of drug-likeness (QED) is 0.107. The number of furan rings is 1. The third kappa shape index (κ3) is 9.55. The van der Waals surface area contributed by atoms with Crippen molar-refractivity contribution in [1.82, 2.24) is 16.1 Å². The Morgan fingerprint density at radius 3 is 2.50 bits per heavy atom. The molecule has 3 aromatic rings. The van der Waals surface area contributed by atoms with Crippen molar-refractivity contribution >= 4 is 17.8 Å². The van der Waals surface area contributed by atoms with Crippen LogP contribution in [-0.4, -0.2) is 42.7 Å². The average Bonchev–Trinajstić information content (AvgIpc) is 3.45. The Hall–Kier alpha value is -4.15. The lowest BCUT2D eigenvalue weighted by Gasteiger charge is -2.17. The van der Waals surface area contributed by atoms with Crippen molar-refractivity contribution < 1.29 is 33.5 Å². The van der Waals surface area contributed by atoms with Crippen LogP contribution in [0.25, 0.3) is 11.3 Å². The molecule has 0 saturated carbocycles. The number of ether oxygens (including phenoxy) is 1. The zero-order valence-corrected chi connectivity index (χ0v) is 22.9. The number of hydrogen-bond donors (Lipinski definition) is 4. The maximum atomic E-state index is 12.8. The van der Waals surface area contributed by atoms with Crippen molar-refractivity contribution in [2.45, 2.75) is 46.1 Å². The molecule has 10 nitrogen and oxygen atoms in total. The summed E-state index contributed by atoms with van der Waals surface area (Å²) in [7, 11) is 0. The Kier molecular flexibility index (Phi) is 12.2. The van der Waals surface area contributed by atoms with E-state index in [1.54, 1.807) is 19.1 Å². The predicted molar refractivity (Wildman–Crippen MR) is 150 cm³/mol. The van der Waals surface area contributed by atoms with E-state index in [0.29, 0.717) is 43.3 Å². The molecule has 1 aromatic heterocycles. The second kappa shape index (κ2) is 16.1. The van der Waals surface area contributed by atoms with E-state index in [-0.39, 0.29) is 29.8 Å². The van der Waals surface area contributed by atoms with Gasteiger partial charge >= 0.3 is 5.97 Å². The number of benzene rings is 2. The number of rotatable bonds is 17. The molecule has 0 radical (unpaired) electrons. The fraction of sp³-hybridized carbons (Fsp3) is 0.367. The maximum absolute atomic E-state index is 12.8. The molecular weight excluding hydrogens is 514 g/mol. The summed E-state index contributed by atoms with van der Waals surface area (Å²) in [4.78, 5) is 42.5. The van der Waals surface area contributed by atoms with Crippen molar-refractivity contribution in [3.05, 3.63) is 77.6 Å². The zero-order valence-electron chi connectivity index (χ0n) is 22.9. The van der Waals surface area contributed by atoms with E-state index < -0.39 is 11.9 Å². The van der Waals surface area contributed by atoms with Gasteiger partial charge in [0, 0.05) is 12.1 Å². The molecule has 2 aromatic carbocycles. The normalized spacial score (nSPS) is 11.6. The van der Waals surface area contributed by atoms with Crippen LogP contribution in [0.3, 0.4) is 0 Å². The molecule has 10 heteroatoms. The molecule has 0 saturated heterocycles. The van der Waals surface area contributed by atoms with Crippen molar-refractivity contribution in [1.29, 1.82) is 0 Å². The van der Waals surface area contributed by atoms with Gasteiger partial charge in [-0.2, -0.15) is 0 Å². The third-order valence-corrected chi connectivity index (χ3v) is 6.13. The van der Waals surface area contributed by atoms with Crippen molar-refractivity contribution in [3.63, 3.8) is 0 Å². The first kappa shape index (κ1) is 30.4. The minimum absolute atomic E-state index is 0.0263. The second-order valence-corrected chi connectivity index (χ2v) is 9.19. The lowest BCUT2D eigenvalue weighted by molar-refractivity contribution is -0.126. The van der Waals surface area contributed by atoms with Crippen molar-refractivity contribution in [2.75, 3.05) is 19.8 Å². The lowest BCUT2D eigenvalue weighted by Crippen LogP contribution is -2.42. The van der Waals surface area contributed by atoms with E-state index in [2.05, 4.69) is 23.0 Å². The molecule has 0 aliphatic heterocycles. The standard InChI is InChI=1S/C30H37N3O7/c1-3-5-7-12-22(18-33-39-19-21-10-8-6-9-11-21)28(34)31-20-32-29(35)27-14-13-26(40-27)23-15-24(30(36)37)17-25(16-23)38-4-2/h6,8-11,13-17,22,33H,3-5,7,12,18-20H2,1-2H3,(H,31,34)(H,32,35)(H,36,37). The van der Waals surface area contributed by atoms with Gasteiger partial charge in [-0.3, -0.25) is 14.4 Å². The van der Waals surface area contributed by atoms with E-state index in [9.17, 15) is 19.5 Å². The molecule has 0 aliphatic carbocycles. The molecule has 0 aliphatic rings. The summed E-state index contributed by atoms with van der Waals surface area (Å²) < 4.78 is 11.1. The number of aromatic carboxylic acids is 1. The number of hydroxylamine groups is 1. The van der Waals surface area contributed by atoms with Crippen molar-refractivity contribution in [3.8, 4) is 17.1 Å². The SMILES string of the molecule is CCCCCC(CNOCc1ccccc1)C(=O)NCNC(=O)c1ccc(-c2cc(OCC)cc(C(=O)O)c2)o1. The molecule has 2 amide bonds. The number of carboxylic acid groups (broad SMARTS) is 1. The Labute approximate surface area is 234 Å². The first-order valence-corrected chi connectivity index (χ1v) is 13.5. The van der Waals surface area contributed by atoms with Gasteiger partial charge in [-0.25, -0.2) is 10.3 Å². The van der Waals surface area contributed by atoms with E-state index in [1.807, 2.05) is 30.3 Å². The molecule has 1 heterocycles. The number of unbranched alkanes of at least 4 members (excludes halogenated alkanes) is 2. The van der Waals surface area contributed by atoms with E-state index >= 15 is 0 Å². The lowest BCUT2D eigenvalue weighted by atomic mass is 10.0. The summed E-state index contributed by atoms with van der Waals surface area (Å²) in [5.74, 6) is -1.41. The third-order valence-electron chi connectivity index (χ3n) is 6.13. The second-order valence-electron chi connectivity index (χ2n) is 9.19. The minimum atomic E-state index is -1.10. The van der Waals surface area contributed by atoms with Crippen molar-refractivity contribution in [2.24, 2.45) is 5.92 Å². The maximum Gasteiger partial charge on any atom is 0.335 e. The van der Waals surface area contributed by atoms with Crippen LogP contribution in [0.4, 0.5) is 0 Å². The fourth-order valence-electron chi connectivity index (χ4n) is 4.01. The van der Waals surface area contributed by atoms with Crippen LogP contribution in [-0.2, 0) is 16.2 Å². The van der Waals surface area contributed by atoms with Gasteiger partial charge in [0.2, 0.25) is 5.91 Å². The number of carbonyl (C=O) groups is 3. The molecule has 0 spiro atoms. The Bertz CT molecular complexity index is 1240. The smallest absolute Gasteiger partial charge is 0.335 e. The predicted octanol–water partition coefficient (Wildman–Crippen LogP) is 4.76. The number of hydrogen-bond acceptors (Lipinski definition) is 7. The fourth-order valence-corrected chi connectivity index (χ4v) is 4.01. The number of amides is 2. The van der Waals surface area contributed by atoms with Gasteiger partial charge in [-0.15, -0.1) is 0 Å². The molecule has 214 valence electrons. The highest BCUT2D eigenvalue weighted by Crippen LogP contribution is 2.28. The van der Waals surface area contributed by atoms with Crippen LogP contribution in [0.1, 0.15) is 66.0 Å². The van der Waals surface area contributed by atoms with Gasteiger partial charge in [0.25, 0.3) is 5.91 Å². The number of carbonyl (C=O) groups excluding carboxylic acids is 2. The Morgan fingerprint density at radius 1 is 0.975 bits per heavy atom. The minimum Gasteiger partial charge on any atom is -0.494 e. The number of carboxylic acids is 1. The van der Waals surface area contributed by atoms with Gasteiger partial charge in [0.05, 0.1) is 31.4 Å². The molecule has 3 rings (SSSR count). The van der Waals surface area contributed by atoms with Crippen LogP contribution in [0, 0.1) is 5.92 Å². The Morgan fingerprint density at radius 2 is 1.77 bits per heavy atom. The van der Waals surface area contributed by atoms with Gasteiger partial charge in [0.15, 0.2) is 5.76 Å². The topological polar surface area (TPSA) is 139 Å². The largest absolute Gasteiger partial charge is 0.494 e. The Balaban J connectivity index is 1.52. The van der Waals surface area contributed by atoms with Gasteiger partial charge in [-0.05, 0) is 49.2 Å². The highest BCUT2D eigenvalue weighted by Gasteiger charge is 2.19. The summed E-state index contributed by atoms with van der Waals surface area (Å²) in [5.41, 5.74) is 4.43. The summed E-state index contributed by atoms with van der Waals surface area (Å²) in [6, 6.07) is 17.3. The molecule has 40 heavy (non-hydrogen) atoms. The number of nitrogens with one attached hydrogen (secondary N) is 3. The van der Waals surface area contributed by atoms with Crippen LogP contribution >= 0.6 is 0 Å². The molecule has 1 atom stereocenters. The molecule has 1 unspecified atom stereocenters. The van der Waals surface area contributed by atoms with E-state index in [4.69, 9.17) is 14.0 Å². The van der Waals surface area contributed by atoms with Gasteiger partial charge in [0.1, 0.15) is 11.5 Å². The summed E-state index contributed by atoms with van der Waals surface area (Å²) in [5, 5.41) is 14.8. The van der Waals surface area contributed by atoms with E-state index in [1.165, 1.54) is 18.2 Å². The van der Waals surface area contributed by atoms with Gasteiger partial charge in [-0.1, -0.05) is 56.5 Å². The molecule has 0 fully saturated rings. The first-order chi connectivity index (χ1) is 19.4. The van der Waals surface area contributed by atoms with E-state index in [0.717, 1.165) is 24.8 Å². The highest BCUT2D eigenvalue weighted by atomic mass is 16.6. The summed E-state index contributed by atoms with van der Waals surface area (Å²) in [6.07, 6.45) is 3.66. The zero-order chi connectivity index (χ0) is 28.7. The summed E-state index contributed by atoms with van der Waals surface area (Å²) in [6.45, 7) is 4.93. The molecule has 4 N–H and O–H groups in total. The monoisotopic (exact) mass is 551 g/mol. The summed E-state index contributed by atoms with van der Waals surface area (Å²) >= 11 is 0. The molecular formula is C30H37N3O7. The van der Waals surface area contributed by atoms with Crippen LogP contribution in [0.2, 0.25) is 0 Å².